The van der Waals surface area contributed by atoms with Crippen molar-refractivity contribution >= 4 is 5.97 Å². The van der Waals surface area contributed by atoms with Gasteiger partial charge in [-0.15, -0.1) is 0 Å². The van der Waals surface area contributed by atoms with E-state index in [2.05, 4.69) is 20.8 Å². The zero-order valence-electron chi connectivity index (χ0n) is 18.8. The van der Waals surface area contributed by atoms with Crippen molar-refractivity contribution < 1.29 is 19.0 Å². The first-order valence-electron chi connectivity index (χ1n) is 10.9. The van der Waals surface area contributed by atoms with Crippen LogP contribution in [0.2, 0.25) is 0 Å². The lowest BCUT2D eigenvalue weighted by Crippen LogP contribution is -2.37. The molecule has 1 aliphatic rings. The smallest absolute Gasteiger partial charge is 0.318 e. The predicted octanol–water partition coefficient (Wildman–Crippen LogP) is 5.84. The Morgan fingerprint density at radius 2 is 1.37 bits per heavy atom. The van der Waals surface area contributed by atoms with Gasteiger partial charge in [-0.25, -0.2) is 0 Å². The maximum absolute atomic E-state index is 13.5. The second kappa shape index (κ2) is 10.0. The number of carbonyl (C=O) groups is 1. The van der Waals surface area contributed by atoms with Gasteiger partial charge in [-0.2, -0.15) is 0 Å². The molecule has 1 fully saturated rings. The van der Waals surface area contributed by atoms with Crippen LogP contribution in [0.25, 0.3) is 0 Å². The van der Waals surface area contributed by atoms with Gasteiger partial charge >= 0.3 is 5.97 Å². The number of methoxy groups -OCH3 is 2. The average Bonchev–Trinajstić information content (AvgIpc) is 2.74. The lowest BCUT2D eigenvalue weighted by molar-refractivity contribution is -0.156. The average molecular weight is 411 g/mol. The molecule has 0 unspecified atom stereocenters. The summed E-state index contributed by atoms with van der Waals surface area (Å²) in [4.78, 5) is 13.5. The monoisotopic (exact) mass is 410 g/mol. The third-order valence-corrected chi connectivity index (χ3v) is 6.36. The minimum absolute atomic E-state index is 0.0275. The van der Waals surface area contributed by atoms with E-state index in [0.29, 0.717) is 17.8 Å². The molecule has 0 aromatic heterocycles. The van der Waals surface area contributed by atoms with Crippen molar-refractivity contribution in [2.45, 2.75) is 52.1 Å². The van der Waals surface area contributed by atoms with Crippen molar-refractivity contribution in [3.05, 3.63) is 59.7 Å². The summed E-state index contributed by atoms with van der Waals surface area (Å²) in [6, 6.07) is 15.3. The van der Waals surface area contributed by atoms with Gasteiger partial charge in [-0.3, -0.25) is 4.79 Å². The van der Waals surface area contributed by atoms with Crippen LogP contribution in [0.15, 0.2) is 48.5 Å². The van der Waals surface area contributed by atoms with Crippen LogP contribution >= 0.6 is 0 Å². The highest BCUT2D eigenvalue weighted by molar-refractivity contribution is 5.82. The van der Waals surface area contributed by atoms with Gasteiger partial charge in [-0.05, 0) is 66.0 Å². The van der Waals surface area contributed by atoms with Crippen molar-refractivity contribution in [3.8, 4) is 11.5 Å². The van der Waals surface area contributed by atoms with Gasteiger partial charge in [0.15, 0.2) is 0 Å². The van der Waals surface area contributed by atoms with E-state index < -0.39 is 5.92 Å². The Labute approximate surface area is 180 Å². The fourth-order valence-corrected chi connectivity index (χ4v) is 4.52. The molecule has 0 spiro atoms. The third kappa shape index (κ3) is 5.16. The minimum atomic E-state index is -0.480. The van der Waals surface area contributed by atoms with Crippen molar-refractivity contribution in [1.29, 1.82) is 0 Å². The molecule has 162 valence electrons. The van der Waals surface area contributed by atoms with Crippen molar-refractivity contribution in [3.63, 3.8) is 0 Å². The summed E-state index contributed by atoms with van der Waals surface area (Å²) in [6.45, 7) is 6.71. The van der Waals surface area contributed by atoms with Gasteiger partial charge in [0.1, 0.15) is 23.5 Å². The van der Waals surface area contributed by atoms with Crippen LogP contribution in [0.5, 0.6) is 11.5 Å². The maximum atomic E-state index is 13.5. The number of carbonyl (C=O) groups excluding carboxylic acids is 1. The number of ether oxygens (including phenoxy) is 3. The Morgan fingerprint density at radius 3 is 1.80 bits per heavy atom. The molecule has 2 aromatic rings. The molecule has 3 atom stereocenters. The highest BCUT2D eigenvalue weighted by Crippen LogP contribution is 2.37. The van der Waals surface area contributed by atoms with Crippen LogP contribution in [-0.4, -0.2) is 26.3 Å². The summed E-state index contributed by atoms with van der Waals surface area (Å²) in [5.41, 5.74) is 1.80. The van der Waals surface area contributed by atoms with E-state index in [1.807, 2.05) is 48.5 Å². The fourth-order valence-electron chi connectivity index (χ4n) is 4.52. The SMILES string of the molecule is COc1ccc(C(C(=O)O[C@@H]2C[C@H](C)CC[C@H]2C(C)C)c2ccc(OC)cc2)cc1. The molecular formula is C26H34O4. The second-order valence-corrected chi connectivity index (χ2v) is 8.78. The Kier molecular flexibility index (Phi) is 7.41. The molecule has 4 nitrogen and oxygen atoms in total. The van der Waals surface area contributed by atoms with E-state index in [9.17, 15) is 4.79 Å². The molecule has 4 heteroatoms. The standard InChI is InChI=1S/C26H34O4/c1-17(2)23-15-6-18(3)16-24(23)30-26(27)25(19-7-11-21(28-4)12-8-19)20-9-13-22(29-5)14-10-20/h7-14,17-18,23-25H,6,15-16H2,1-5H3/t18-,23+,24-/m1/s1. The topological polar surface area (TPSA) is 44.8 Å². The van der Waals surface area contributed by atoms with E-state index in [4.69, 9.17) is 14.2 Å². The largest absolute Gasteiger partial charge is 0.497 e. The van der Waals surface area contributed by atoms with Crippen LogP contribution < -0.4 is 9.47 Å². The summed E-state index contributed by atoms with van der Waals surface area (Å²) >= 11 is 0. The Morgan fingerprint density at radius 1 is 0.867 bits per heavy atom. The van der Waals surface area contributed by atoms with Crippen LogP contribution in [0.1, 0.15) is 57.1 Å². The molecule has 0 radical (unpaired) electrons. The fraction of sp³-hybridized carbons (Fsp3) is 0.500. The zero-order chi connectivity index (χ0) is 21.7. The molecule has 30 heavy (non-hydrogen) atoms. The zero-order valence-corrected chi connectivity index (χ0v) is 18.8. The van der Waals surface area contributed by atoms with Crippen molar-refractivity contribution in [2.24, 2.45) is 17.8 Å². The maximum Gasteiger partial charge on any atom is 0.318 e. The molecule has 1 saturated carbocycles. The van der Waals surface area contributed by atoms with Crippen LogP contribution in [-0.2, 0) is 9.53 Å². The molecule has 0 saturated heterocycles. The molecular weight excluding hydrogens is 376 g/mol. The van der Waals surface area contributed by atoms with E-state index in [1.165, 1.54) is 6.42 Å². The highest BCUT2D eigenvalue weighted by atomic mass is 16.5. The molecule has 0 aliphatic heterocycles. The summed E-state index contributed by atoms with van der Waals surface area (Å²) in [5, 5.41) is 0. The summed E-state index contributed by atoms with van der Waals surface area (Å²) < 4.78 is 16.8. The first-order valence-corrected chi connectivity index (χ1v) is 10.9. The first-order chi connectivity index (χ1) is 14.4. The molecule has 0 N–H and O–H groups in total. The second-order valence-electron chi connectivity index (χ2n) is 8.78. The number of hydrogen-bond acceptors (Lipinski definition) is 4. The van der Waals surface area contributed by atoms with Crippen LogP contribution in [0, 0.1) is 17.8 Å². The molecule has 2 aromatic carbocycles. The Bertz CT molecular complexity index is 762. The molecule has 3 rings (SSSR count). The Hall–Kier alpha value is -2.49. The van der Waals surface area contributed by atoms with E-state index in [1.54, 1.807) is 14.2 Å². The summed E-state index contributed by atoms with van der Waals surface area (Å²) in [6.07, 6.45) is 3.23. The van der Waals surface area contributed by atoms with Gasteiger partial charge in [0, 0.05) is 0 Å². The lowest BCUT2D eigenvalue weighted by Gasteiger charge is -2.37. The molecule has 0 bridgehead atoms. The summed E-state index contributed by atoms with van der Waals surface area (Å²) in [7, 11) is 3.28. The van der Waals surface area contributed by atoms with Crippen LogP contribution in [0.3, 0.4) is 0 Å². The van der Waals surface area contributed by atoms with Gasteiger partial charge in [0.25, 0.3) is 0 Å². The molecule has 1 aliphatic carbocycles. The van der Waals surface area contributed by atoms with Crippen molar-refractivity contribution in [2.75, 3.05) is 14.2 Å². The minimum Gasteiger partial charge on any atom is -0.497 e. The summed E-state index contributed by atoms with van der Waals surface area (Å²) in [5.74, 6) is 2.36. The predicted molar refractivity (Wildman–Crippen MR) is 119 cm³/mol. The number of hydrogen-bond donors (Lipinski definition) is 0. The van der Waals surface area contributed by atoms with E-state index in [-0.39, 0.29) is 12.1 Å². The van der Waals surface area contributed by atoms with Gasteiger partial charge < -0.3 is 14.2 Å². The van der Waals surface area contributed by atoms with Crippen molar-refractivity contribution in [1.82, 2.24) is 0 Å². The van der Waals surface area contributed by atoms with Gasteiger partial charge in [-0.1, -0.05) is 51.5 Å². The van der Waals surface area contributed by atoms with E-state index >= 15 is 0 Å². The number of rotatable bonds is 7. The lowest BCUT2D eigenvalue weighted by atomic mass is 9.75. The Balaban J connectivity index is 1.90. The third-order valence-electron chi connectivity index (χ3n) is 6.36. The quantitative estimate of drug-likeness (QED) is 0.538. The van der Waals surface area contributed by atoms with Gasteiger partial charge in [0.2, 0.25) is 0 Å². The normalized spacial score (nSPS) is 21.5. The molecule has 0 heterocycles. The van der Waals surface area contributed by atoms with E-state index in [0.717, 1.165) is 35.5 Å². The highest BCUT2D eigenvalue weighted by Gasteiger charge is 2.35. The number of benzene rings is 2. The number of esters is 1. The van der Waals surface area contributed by atoms with Crippen LogP contribution in [0.4, 0.5) is 0 Å². The first kappa shape index (κ1) is 22.2. The van der Waals surface area contributed by atoms with Gasteiger partial charge in [0.05, 0.1) is 14.2 Å². The molecule has 0 amide bonds.